The van der Waals surface area contributed by atoms with Gasteiger partial charge in [0.1, 0.15) is 113 Å². The van der Waals surface area contributed by atoms with E-state index in [0.717, 1.165) is 24.7 Å². The summed E-state index contributed by atoms with van der Waals surface area (Å²) in [6, 6.07) is -7.85. The van der Waals surface area contributed by atoms with E-state index < -0.39 is 235 Å². The SMILES string of the molecule is C[C@@H]1C[C@H]2[C@@H]3CCC4=CC(=O)C=C[C@]4(C)[C@@]3(F)[C@@H](O)C[C@]2(C)[C@@]1(O)C(=O)CO.Cc1c(N)nc([C@H](CC(N)=O)NC[C@H](N)C(N)=O)nc1C(=O)N[C@H](C(=O)N[C@H](C)[C@@H](O)[C@H](C)C(=O)N[C@H](C(=O)NCCc1nc(-c2nc(C(=O)NCCC[S+](C)C)cs2)cs1)[C@@H](C)O)[C@@H](O[C@@H]1O[C@@H](CO)[C@@H](O)[C@H](O)[C@@H]1O[C@H]1O[C@H](CO)[C@@H](O)[C@H](OC(N)=O)[C@@H]1O)c1cnc[nH]1. The molecule has 0 unspecified atom stereocenters. The van der Waals surface area contributed by atoms with Crippen LogP contribution in [0.3, 0.4) is 0 Å². The molecule has 27 atom stereocenters. The number of ether oxygens (including phenoxy) is 5. The molecule has 124 heavy (non-hydrogen) atoms. The minimum atomic E-state index is -2.20. The van der Waals surface area contributed by atoms with E-state index in [0.29, 0.717) is 47.1 Å². The summed E-state index contributed by atoms with van der Waals surface area (Å²) in [6.07, 6.45) is -15.5. The number of primary amides is 3. The van der Waals surface area contributed by atoms with E-state index in [1.54, 1.807) is 37.6 Å². The number of fused-ring (bicyclic) bond motifs is 5. The molecule has 43 nitrogen and oxygen atoms in total. The van der Waals surface area contributed by atoms with Gasteiger partial charge >= 0.3 is 6.09 Å². The van der Waals surface area contributed by atoms with Crippen molar-refractivity contribution in [2.24, 2.45) is 57.4 Å². The van der Waals surface area contributed by atoms with Gasteiger partial charge in [0.25, 0.3) is 11.8 Å². The number of hydrogen-bond acceptors (Lipinski definition) is 36. The number of alkyl halides is 1. The smallest absolute Gasteiger partial charge is 0.404 e. The molecule has 5 fully saturated rings. The van der Waals surface area contributed by atoms with Crippen molar-refractivity contribution in [1.29, 1.82) is 0 Å². The van der Waals surface area contributed by atoms with Gasteiger partial charge in [0.2, 0.25) is 29.5 Å². The molecule has 28 N–H and O–H groups in total. The molecule has 2 saturated heterocycles. The number of nitrogens with zero attached hydrogens (tertiary/aromatic N) is 5. The highest BCUT2D eigenvalue weighted by atomic mass is 32.2. The number of carbonyl (C=O) groups excluding carboxylic acids is 10. The first-order valence-electron chi connectivity index (χ1n) is 40.0. The monoisotopic (exact) mass is 1810 g/mol. The second-order valence-electron chi connectivity index (χ2n) is 32.6. The Hall–Kier alpha value is -8.67. The van der Waals surface area contributed by atoms with Crippen LogP contribution in [0.1, 0.15) is 135 Å². The van der Waals surface area contributed by atoms with Crippen molar-refractivity contribution in [3.8, 4) is 10.7 Å². The van der Waals surface area contributed by atoms with Crippen molar-refractivity contribution >= 4 is 98.4 Å². The van der Waals surface area contributed by atoms with Gasteiger partial charge in [-0.25, -0.2) is 34.1 Å². The first kappa shape index (κ1) is 99.1. The number of nitrogens with two attached hydrogens (primary N) is 5. The third kappa shape index (κ3) is 21.4. The fourth-order valence-corrected chi connectivity index (χ4v) is 19.4. The van der Waals surface area contributed by atoms with Gasteiger partial charge in [-0.3, -0.25) is 43.2 Å². The summed E-state index contributed by atoms with van der Waals surface area (Å²) >= 11 is 2.52. The molecule has 3 saturated carbocycles. The molecule has 0 bridgehead atoms. The first-order valence-corrected chi connectivity index (χ1v) is 44.0. The lowest BCUT2D eigenvalue weighted by atomic mass is 9.44. The van der Waals surface area contributed by atoms with E-state index in [-0.39, 0.29) is 83.0 Å². The number of thiazole rings is 2. The van der Waals surface area contributed by atoms with E-state index >= 15 is 9.18 Å². The summed E-state index contributed by atoms with van der Waals surface area (Å²) in [5.41, 5.74) is 22.9. The molecule has 10 rings (SSSR count). The van der Waals surface area contributed by atoms with E-state index in [1.165, 1.54) is 62.5 Å². The molecule has 4 aromatic rings. The summed E-state index contributed by atoms with van der Waals surface area (Å²) in [4.78, 5) is 155. The van der Waals surface area contributed by atoms with Crippen molar-refractivity contribution in [1.82, 2.24) is 61.8 Å². The lowest BCUT2D eigenvalue weighted by Gasteiger charge is -2.62. The number of imidazole rings is 1. The fraction of sp³-hybridized carbons (Fsp3) is 0.649. The molecular weight excluding hydrogens is 1690 g/mol. The van der Waals surface area contributed by atoms with Gasteiger partial charge in [-0.2, -0.15) is 0 Å². The zero-order chi connectivity index (χ0) is 91.7. The highest BCUT2D eigenvalue weighted by Gasteiger charge is 2.76. The molecule has 4 aliphatic carbocycles. The number of rotatable bonds is 37. The van der Waals surface area contributed by atoms with Crippen molar-refractivity contribution in [3.63, 3.8) is 0 Å². The van der Waals surface area contributed by atoms with Crippen LogP contribution in [-0.2, 0) is 74.6 Å². The Morgan fingerprint density at radius 1 is 0.815 bits per heavy atom. The van der Waals surface area contributed by atoms with E-state index in [1.807, 2.05) is 0 Å². The highest BCUT2D eigenvalue weighted by Crippen LogP contribution is 2.71. The third-order valence-corrected chi connectivity index (χ3v) is 27.0. The predicted molar refractivity (Wildman–Crippen MR) is 439 cm³/mol. The molecule has 0 spiro atoms. The maximum Gasteiger partial charge on any atom is 0.404 e. The summed E-state index contributed by atoms with van der Waals surface area (Å²) in [5.74, 6) is -9.81. The molecule has 0 radical (unpaired) electrons. The maximum atomic E-state index is 16.9. The largest absolute Gasteiger partial charge is 0.441 e. The number of H-pyrrole nitrogens is 1. The average Bonchev–Trinajstić information content (AvgIpc) is 1.49. The number of anilines is 1. The van der Waals surface area contributed by atoms with Crippen LogP contribution in [0, 0.1) is 41.4 Å². The number of halogens is 1. The summed E-state index contributed by atoms with van der Waals surface area (Å²) in [6.45, 7) is 7.66. The lowest BCUT2D eigenvalue weighted by Crippen LogP contribution is -2.69. The number of nitrogens with one attached hydrogen (secondary N) is 7. The number of nitrogen functional groups attached to an aromatic ring is 1. The molecule has 47 heteroatoms. The summed E-state index contributed by atoms with van der Waals surface area (Å²) in [7, 11) is 0.254. The number of aromatic amines is 1. The van der Waals surface area contributed by atoms with Gasteiger partial charge in [0, 0.05) is 72.0 Å². The van der Waals surface area contributed by atoms with E-state index in [2.05, 4.69) is 74.3 Å². The van der Waals surface area contributed by atoms with Crippen LogP contribution < -0.4 is 60.6 Å². The number of allylic oxidation sites excluding steroid dienone is 4. The number of aliphatic hydroxyl groups is 11. The predicted octanol–water partition coefficient (Wildman–Crippen LogP) is -5.81. The minimum absolute atomic E-state index is 0.00498. The van der Waals surface area contributed by atoms with Crippen molar-refractivity contribution in [3.05, 3.63) is 80.6 Å². The van der Waals surface area contributed by atoms with Crippen molar-refractivity contribution in [2.45, 2.75) is 221 Å². The second kappa shape index (κ2) is 41.8. The van der Waals surface area contributed by atoms with Gasteiger partial charge in [-0.05, 0) is 88.3 Å². The lowest BCUT2D eigenvalue weighted by molar-refractivity contribution is -0.372. The van der Waals surface area contributed by atoms with Crippen molar-refractivity contribution in [2.75, 3.05) is 63.5 Å². The van der Waals surface area contributed by atoms with Gasteiger partial charge in [-0.15, -0.1) is 22.7 Å². The molecular formula is C77H113FN17O26S3+. The van der Waals surface area contributed by atoms with Crippen LogP contribution in [-0.4, -0.2) is 318 Å². The van der Waals surface area contributed by atoms with Gasteiger partial charge in [0.15, 0.2) is 35.9 Å². The Labute approximate surface area is 721 Å². The molecule has 686 valence electrons. The average molecular weight is 1810 g/mol. The number of carbonyl (C=O) groups is 10. The number of ketones is 2. The fourth-order valence-electron chi connectivity index (χ4n) is 17.1. The number of hydrogen-bond donors (Lipinski definition) is 23. The number of aromatic nitrogens is 6. The van der Waals surface area contributed by atoms with Crippen molar-refractivity contribution < 1.29 is 132 Å². The van der Waals surface area contributed by atoms with Gasteiger partial charge in [0.05, 0.1) is 91.3 Å². The van der Waals surface area contributed by atoms with E-state index in [4.69, 9.17) is 52.4 Å². The zero-order valence-electron chi connectivity index (χ0n) is 69.5. The zero-order valence-corrected chi connectivity index (χ0v) is 71.9. The van der Waals surface area contributed by atoms with Crippen LogP contribution in [0.15, 0.2) is 47.1 Å². The van der Waals surface area contributed by atoms with Gasteiger partial charge < -0.3 is 145 Å². The second-order valence-corrected chi connectivity index (χ2v) is 36.7. The Kier molecular flexibility index (Phi) is 33.4. The Morgan fingerprint density at radius 3 is 2.13 bits per heavy atom. The summed E-state index contributed by atoms with van der Waals surface area (Å²) in [5, 5.41) is 140. The molecule has 0 aromatic carbocycles. The van der Waals surface area contributed by atoms with Crippen LogP contribution in [0.4, 0.5) is 15.0 Å². The standard InChI is InChI=1S/C55H83N17O21S3.C22H29FO5/c1-20-33(69-46(72-44(20)58)25(12-31(57)76)64-13-24(56)45(59)82)50(86)71-35(41(26-14-61-19-65-26)91-54-43(39(80)37(78)29(15-73)90-54)92-53-40(81)42(93-55(60)88)38(79)30(16-74)89-53)51(87)66-22(3)36(77)21(2)47(83)70-34(23(4)75)49(85)63-10-8-32-67-28(18-94-32)52-68-27(17-95-52)48(84)62-9-7-11-96(5)6;1-12-8-16-15-5-4-13-9-14(25)6-7-19(13,2)21(15,23)17(26)10-20(16,3)22(12,28)18(27)11-24/h14,17-19,21-25,29-30,34-43,53-54,64,73-75,77-81H,7-13,15-16,56H2,1-6H3,(H13-,57,58,59,60,61,62,63,65,66,69,70,71,72,76,82,83,84,85,86,87,88);6-7,9,12,15-17,24,26,28H,4-5,8,10-11H2,1-3H3/p+1/t21-,22+,23+,24-,25-,29-,30+,34-,35-,36-,37+,38+,39-,40-,41-,42-,43-,53+,54-;12-,15+,16+,17+,19+,20+,21+,22+/m01/s1. The minimum Gasteiger partial charge on any atom is -0.441 e. The highest BCUT2D eigenvalue weighted by molar-refractivity contribution is 7.95. The number of Topliss-reactive ketones (excluding diaryl/α,β-unsaturated/α-hetero) is 1. The topological polar surface area (TPSA) is 722 Å². The van der Waals surface area contributed by atoms with Crippen LogP contribution in [0.25, 0.3) is 10.7 Å². The number of amides is 8. The molecule has 6 heterocycles. The van der Waals surface area contributed by atoms with Crippen LogP contribution in [0.2, 0.25) is 0 Å². The third-order valence-electron chi connectivity index (χ3n) is 24.1. The van der Waals surface area contributed by atoms with Crippen LogP contribution >= 0.6 is 22.7 Å². The number of aliphatic hydroxyl groups excluding tert-OH is 10. The molecule has 2 aliphatic heterocycles. The summed E-state index contributed by atoms with van der Waals surface area (Å²) < 4.78 is 45.6. The maximum absolute atomic E-state index is 16.9. The Bertz CT molecular complexity index is 4530. The molecule has 6 aliphatic rings. The Morgan fingerprint density at radius 2 is 1.50 bits per heavy atom. The Balaban J connectivity index is 0.000000519. The van der Waals surface area contributed by atoms with Crippen LogP contribution in [0.5, 0.6) is 0 Å². The van der Waals surface area contributed by atoms with E-state index in [9.17, 15) is 99.3 Å². The van der Waals surface area contributed by atoms with Gasteiger partial charge in [-0.1, -0.05) is 32.4 Å². The molecule has 4 aromatic heterocycles. The normalized spacial score (nSPS) is 30.4. The molecule has 8 amide bonds. The quantitative estimate of drug-likeness (QED) is 0.0148. The first-order chi connectivity index (χ1) is 58.3.